The first kappa shape index (κ1) is 19.0. The van der Waals surface area contributed by atoms with Gasteiger partial charge in [-0.05, 0) is 39.3 Å². The Kier molecular flexibility index (Phi) is 5.21. The van der Waals surface area contributed by atoms with Gasteiger partial charge in [0.15, 0.2) is 9.84 Å². The summed E-state index contributed by atoms with van der Waals surface area (Å²) in [6.45, 7) is 6.92. The van der Waals surface area contributed by atoms with Gasteiger partial charge in [0.05, 0.1) is 35.9 Å². The van der Waals surface area contributed by atoms with Crippen LogP contribution in [0.3, 0.4) is 0 Å². The number of halogens is 1. The molecule has 1 aromatic heterocycles. The third-order valence-electron chi connectivity index (χ3n) is 5.59. The molecule has 0 bridgehead atoms. The van der Waals surface area contributed by atoms with E-state index in [9.17, 15) is 12.8 Å². The van der Waals surface area contributed by atoms with E-state index in [-0.39, 0.29) is 29.4 Å². The van der Waals surface area contributed by atoms with E-state index in [0.29, 0.717) is 6.42 Å². The minimum absolute atomic E-state index is 0.0534. The maximum absolute atomic E-state index is 13.1. The summed E-state index contributed by atoms with van der Waals surface area (Å²) < 4.78 is 38.6. The molecule has 1 saturated heterocycles. The Hall–Kier alpha value is -1.73. The molecular weight excluding hydrogens is 353 g/mol. The van der Waals surface area contributed by atoms with Gasteiger partial charge in [-0.2, -0.15) is 5.10 Å². The second kappa shape index (κ2) is 7.12. The van der Waals surface area contributed by atoms with E-state index in [1.54, 1.807) is 0 Å². The van der Waals surface area contributed by atoms with Crippen LogP contribution in [0.2, 0.25) is 0 Å². The van der Waals surface area contributed by atoms with E-state index in [2.05, 4.69) is 19.1 Å². The lowest BCUT2D eigenvalue weighted by Gasteiger charge is -2.22. The van der Waals surface area contributed by atoms with Crippen molar-refractivity contribution in [3.63, 3.8) is 0 Å². The molecule has 0 saturated carbocycles. The lowest BCUT2D eigenvalue weighted by molar-refractivity contribution is -0.924. The van der Waals surface area contributed by atoms with Crippen LogP contribution in [0.15, 0.2) is 24.3 Å². The summed E-state index contributed by atoms with van der Waals surface area (Å²) in [5.41, 5.74) is 4.27. The Bertz CT molecular complexity index is 890. The molecule has 1 fully saturated rings. The summed E-state index contributed by atoms with van der Waals surface area (Å²) in [4.78, 5) is 1.28. The number of hydrogen-bond donors (Lipinski definition) is 1. The molecule has 1 N–H and O–H groups in total. The molecule has 3 atom stereocenters. The molecule has 7 heteroatoms. The standard InChI is InChI=1S/C19H26FN3O2S/c1-13-19(11-22(4)14(2)16-5-7-17(20)8-6-16)15(3)23(21-13)18-9-10-26(24,25)12-18/h5-8,14,18H,9-12H2,1-4H3/p+1/t14-,18+/m0/s1. The monoisotopic (exact) mass is 380 g/mol. The average Bonchev–Trinajstić information content (AvgIpc) is 3.08. The fourth-order valence-electron chi connectivity index (χ4n) is 3.74. The predicted octanol–water partition coefficient (Wildman–Crippen LogP) is 1.77. The molecule has 0 aliphatic carbocycles. The topological polar surface area (TPSA) is 56.4 Å². The van der Waals surface area contributed by atoms with Crippen LogP contribution in [-0.2, 0) is 16.4 Å². The second-order valence-corrected chi connectivity index (χ2v) is 9.68. The first-order valence-corrected chi connectivity index (χ1v) is 10.8. The second-order valence-electron chi connectivity index (χ2n) is 7.45. The van der Waals surface area contributed by atoms with Gasteiger partial charge in [-0.1, -0.05) is 12.1 Å². The largest absolute Gasteiger partial charge is 0.328 e. The molecule has 3 rings (SSSR count). The summed E-state index contributed by atoms with van der Waals surface area (Å²) in [6.07, 6.45) is 0.637. The number of quaternary nitrogens is 1. The molecule has 1 aliphatic rings. The van der Waals surface area contributed by atoms with Crippen molar-refractivity contribution in [1.82, 2.24) is 9.78 Å². The van der Waals surface area contributed by atoms with Crippen molar-refractivity contribution in [1.29, 1.82) is 0 Å². The lowest BCUT2D eigenvalue weighted by atomic mass is 10.1. The molecule has 5 nitrogen and oxygen atoms in total. The van der Waals surface area contributed by atoms with Gasteiger partial charge >= 0.3 is 0 Å². The Morgan fingerprint density at radius 1 is 1.31 bits per heavy atom. The maximum Gasteiger partial charge on any atom is 0.152 e. The Morgan fingerprint density at radius 2 is 1.96 bits per heavy atom. The lowest BCUT2D eigenvalue weighted by Crippen LogP contribution is -3.07. The van der Waals surface area contributed by atoms with Crippen LogP contribution in [-0.4, -0.2) is 36.8 Å². The van der Waals surface area contributed by atoms with Crippen LogP contribution in [0.5, 0.6) is 0 Å². The average molecular weight is 381 g/mol. The van der Waals surface area contributed by atoms with Crippen LogP contribution < -0.4 is 4.90 Å². The number of hydrogen-bond acceptors (Lipinski definition) is 3. The zero-order valence-electron chi connectivity index (χ0n) is 15.8. The number of aryl methyl sites for hydroxylation is 1. The Morgan fingerprint density at radius 3 is 2.54 bits per heavy atom. The number of sulfone groups is 1. The van der Waals surface area contributed by atoms with Crippen molar-refractivity contribution in [2.24, 2.45) is 0 Å². The SMILES string of the molecule is Cc1nn([C@@H]2CCS(=O)(=O)C2)c(C)c1C[NH+](C)[C@@H](C)c1ccc(F)cc1. The van der Waals surface area contributed by atoms with Crippen LogP contribution >= 0.6 is 0 Å². The number of benzene rings is 1. The fraction of sp³-hybridized carbons (Fsp3) is 0.526. The van der Waals surface area contributed by atoms with Crippen molar-refractivity contribution in [2.75, 3.05) is 18.6 Å². The molecule has 0 radical (unpaired) electrons. The van der Waals surface area contributed by atoms with Gasteiger partial charge in [0, 0.05) is 11.3 Å². The van der Waals surface area contributed by atoms with Crippen molar-refractivity contribution >= 4 is 9.84 Å². The molecule has 0 amide bonds. The molecule has 1 aliphatic heterocycles. The summed E-state index contributed by atoms with van der Waals surface area (Å²) >= 11 is 0. The van der Waals surface area contributed by atoms with E-state index in [0.717, 1.165) is 23.5 Å². The van der Waals surface area contributed by atoms with Gasteiger partial charge < -0.3 is 4.90 Å². The van der Waals surface area contributed by atoms with Gasteiger partial charge in [-0.3, -0.25) is 4.68 Å². The summed E-state index contributed by atoms with van der Waals surface area (Å²) in [6, 6.07) is 6.81. The van der Waals surface area contributed by atoms with Crippen molar-refractivity contribution in [3.8, 4) is 0 Å². The fourth-order valence-corrected chi connectivity index (χ4v) is 5.44. The smallest absolute Gasteiger partial charge is 0.152 e. The van der Waals surface area contributed by atoms with Gasteiger partial charge in [0.25, 0.3) is 0 Å². The minimum atomic E-state index is -2.94. The van der Waals surface area contributed by atoms with Crippen molar-refractivity contribution in [2.45, 2.75) is 45.8 Å². The van der Waals surface area contributed by atoms with Gasteiger partial charge in [-0.15, -0.1) is 0 Å². The van der Waals surface area contributed by atoms with Gasteiger partial charge in [0.1, 0.15) is 18.4 Å². The van der Waals surface area contributed by atoms with E-state index in [1.165, 1.54) is 22.6 Å². The summed E-state index contributed by atoms with van der Waals surface area (Å²) in [5, 5.41) is 4.64. The van der Waals surface area contributed by atoms with Crippen LogP contribution in [0.1, 0.15) is 47.9 Å². The summed E-state index contributed by atoms with van der Waals surface area (Å²) in [7, 11) is -0.821. The normalized spacial score (nSPS) is 21.7. The van der Waals surface area contributed by atoms with Crippen molar-refractivity contribution < 1.29 is 17.7 Å². The quantitative estimate of drug-likeness (QED) is 0.860. The van der Waals surface area contributed by atoms with Crippen LogP contribution in [0, 0.1) is 19.7 Å². The number of aromatic nitrogens is 2. The molecule has 2 heterocycles. The molecule has 26 heavy (non-hydrogen) atoms. The number of nitrogens with zero attached hydrogens (tertiary/aromatic N) is 2. The van der Waals surface area contributed by atoms with Crippen LogP contribution in [0.25, 0.3) is 0 Å². The highest BCUT2D eigenvalue weighted by molar-refractivity contribution is 7.91. The molecule has 1 unspecified atom stereocenters. The first-order valence-electron chi connectivity index (χ1n) is 9.00. The predicted molar refractivity (Wildman–Crippen MR) is 99.4 cm³/mol. The van der Waals surface area contributed by atoms with E-state index in [4.69, 9.17) is 0 Å². The molecular formula is C19H27FN3O2S+. The summed E-state index contributed by atoms with van der Waals surface area (Å²) in [5.74, 6) is 0.208. The van der Waals surface area contributed by atoms with E-state index >= 15 is 0 Å². The minimum Gasteiger partial charge on any atom is -0.328 e. The highest BCUT2D eigenvalue weighted by atomic mass is 32.2. The third-order valence-corrected chi connectivity index (χ3v) is 7.34. The zero-order chi connectivity index (χ0) is 19.1. The molecule has 142 valence electrons. The van der Waals surface area contributed by atoms with Crippen LogP contribution in [0.4, 0.5) is 4.39 Å². The number of rotatable bonds is 5. The van der Waals surface area contributed by atoms with Gasteiger partial charge in [-0.25, -0.2) is 12.8 Å². The third kappa shape index (κ3) is 3.83. The molecule has 1 aromatic carbocycles. The Balaban J connectivity index is 1.78. The van der Waals surface area contributed by atoms with Crippen molar-refractivity contribution in [3.05, 3.63) is 52.6 Å². The Labute approximate surface area is 154 Å². The van der Waals surface area contributed by atoms with E-state index in [1.807, 2.05) is 30.7 Å². The van der Waals surface area contributed by atoms with E-state index < -0.39 is 9.84 Å². The zero-order valence-corrected chi connectivity index (χ0v) is 16.6. The number of nitrogens with one attached hydrogen (secondary N) is 1. The highest BCUT2D eigenvalue weighted by Gasteiger charge is 2.32. The maximum atomic E-state index is 13.1. The molecule has 0 spiro atoms. The molecule has 2 aromatic rings. The van der Waals surface area contributed by atoms with Gasteiger partial charge in [0.2, 0.25) is 0 Å². The highest BCUT2D eigenvalue weighted by Crippen LogP contribution is 2.26. The first-order chi connectivity index (χ1) is 12.2.